The summed E-state index contributed by atoms with van der Waals surface area (Å²) in [5.41, 5.74) is 1.93. The number of aliphatic carboxylic acids is 1. The SMILES string of the molecule is Cc1cccc2[nH]c3c(c12)CC(C)N(CC(C)(C)F)C3c1c(F)cc(/C=C/C(=O)O)cc1F. The first-order valence-corrected chi connectivity index (χ1v) is 10.9. The number of hydrogen-bond donors (Lipinski definition) is 2. The van der Waals surface area contributed by atoms with Crippen LogP contribution >= 0.6 is 0 Å². The Bertz CT molecular complexity index is 1230. The van der Waals surface area contributed by atoms with Crippen molar-refractivity contribution in [1.82, 2.24) is 9.88 Å². The fraction of sp³-hybridized carbons (Fsp3) is 0.346. The van der Waals surface area contributed by atoms with Crippen molar-refractivity contribution in [3.8, 4) is 0 Å². The van der Waals surface area contributed by atoms with E-state index in [4.69, 9.17) is 5.11 Å². The molecule has 0 spiro atoms. The van der Waals surface area contributed by atoms with Crippen molar-refractivity contribution in [3.63, 3.8) is 0 Å². The molecular formula is C26H27F3N2O2. The molecule has 4 nitrogen and oxygen atoms in total. The number of aromatic nitrogens is 1. The second kappa shape index (κ2) is 8.37. The smallest absolute Gasteiger partial charge is 0.328 e. The normalized spacial score (nSPS) is 19.4. The van der Waals surface area contributed by atoms with Gasteiger partial charge in [0.25, 0.3) is 0 Å². The number of aromatic amines is 1. The molecule has 2 heterocycles. The van der Waals surface area contributed by atoms with Crippen molar-refractivity contribution < 1.29 is 23.1 Å². The number of carboxylic acid groups (broad SMARTS) is 1. The molecule has 1 aromatic heterocycles. The van der Waals surface area contributed by atoms with E-state index in [1.807, 2.05) is 32.0 Å². The number of nitrogens with zero attached hydrogens (tertiary/aromatic N) is 1. The maximum atomic E-state index is 15.4. The van der Waals surface area contributed by atoms with Crippen molar-refractivity contribution >= 4 is 22.9 Å². The van der Waals surface area contributed by atoms with Crippen LogP contribution in [0.2, 0.25) is 0 Å². The number of halogens is 3. The molecule has 174 valence electrons. The molecule has 33 heavy (non-hydrogen) atoms. The van der Waals surface area contributed by atoms with E-state index in [0.717, 1.165) is 46.3 Å². The predicted octanol–water partition coefficient (Wildman–Crippen LogP) is 5.94. The number of H-pyrrole nitrogens is 1. The van der Waals surface area contributed by atoms with Gasteiger partial charge in [-0.15, -0.1) is 0 Å². The summed E-state index contributed by atoms with van der Waals surface area (Å²) >= 11 is 0. The van der Waals surface area contributed by atoms with Crippen LogP contribution in [0.25, 0.3) is 17.0 Å². The summed E-state index contributed by atoms with van der Waals surface area (Å²) in [4.78, 5) is 16.0. The van der Waals surface area contributed by atoms with Crippen LogP contribution in [0.1, 0.15) is 54.8 Å². The van der Waals surface area contributed by atoms with Crippen molar-refractivity contribution in [2.24, 2.45) is 0 Å². The molecule has 0 saturated carbocycles. The van der Waals surface area contributed by atoms with Gasteiger partial charge in [0.15, 0.2) is 0 Å². The zero-order valence-corrected chi connectivity index (χ0v) is 19.0. The van der Waals surface area contributed by atoms with E-state index in [9.17, 15) is 9.18 Å². The Kier molecular flexibility index (Phi) is 5.86. The molecule has 0 radical (unpaired) electrons. The number of nitrogens with one attached hydrogen (secondary N) is 1. The van der Waals surface area contributed by atoms with Gasteiger partial charge in [-0.2, -0.15) is 0 Å². The summed E-state index contributed by atoms with van der Waals surface area (Å²) in [5, 5.41) is 9.86. The van der Waals surface area contributed by atoms with Gasteiger partial charge in [-0.1, -0.05) is 12.1 Å². The third kappa shape index (κ3) is 4.42. The Morgan fingerprint density at radius 1 is 1.27 bits per heavy atom. The zero-order valence-electron chi connectivity index (χ0n) is 19.0. The van der Waals surface area contributed by atoms with Crippen LogP contribution in [-0.4, -0.2) is 39.2 Å². The first kappa shape index (κ1) is 23.1. The number of hydrogen-bond acceptors (Lipinski definition) is 2. The number of carboxylic acids is 1. The standard InChI is InChI=1S/C26H27F3N2O2/c1-14-6-5-7-20-22(14)17-10-15(2)31(13-26(3,4)29)25(24(17)30-20)23-18(27)11-16(12-19(23)28)8-9-21(32)33/h5-9,11-12,15,25,30H,10,13H2,1-4H3,(H,32,33)/b9-8+. The van der Waals surface area contributed by atoms with Gasteiger partial charge < -0.3 is 10.1 Å². The Morgan fingerprint density at radius 3 is 2.55 bits per heavy atom. The van der Waals surface area contributed by atoms with Gasteiger partial charge in [-0.25, -0.2) is 18.0 Å². The first-order chi connectivity index (χ1) is 15.5. The van der Waals surface area contributed by atoms with Gasteiger partial charge in [0, 0.05) is 40.8 Å². The largest absolute Gasteiger partial charge is 0.478 e. The molecule has 2 atom stereocenters. The third-order valence-corrected chi connectivity index (χ3v) is 6.19. The van der Waals surface area contributed by atoms with E-state index in [0.29, 0.717) is 12.1 Å². The average molecular weight is 457 g/mol. The highest BCUT2D eigenvalue weighted by Gasteiger charge is 2.41. The van der Waals surface area contributed by atoms with Crippen molar-refractivity contribution in [3.05, 3.63) is 76.0 Å². The molecule has 0 amide bonds. The van der Waals surface area contributed by atoms with Crippen molar-refractivity contribution in [2.75, 3.05) is 6.54 Å². The summed E-state index contributed by atoms with van der Waals surface area (Å²) < 4.78 is 45.7. The van der Waals surface area contributed by atoms with Gasteiger partial charge in [0.05, 0.1) is 6.04 Å². The highest BCUT2D eigenvalue weighted by atomic mass is 19.1. The van der Waals surface area contributed by atoms with Gasteiger partial charge in [0.1, 0.15) is 17.3 Å². The summed E-state index contributed by atoms with van der Waals surface area (Å²) in [6, 6.07) is 7.05. The second-order valence-corrected chi connectivity index (χ2v) is 9.43. The van der Waals surface area contributed by atoms with Crippen LogP contribution in [-0.2, 0) is 11.2 Å². The minimum atomic E-state index is -1.58. The minimum Gasteiger partial charge on any atom is -0.478 e. The molecule has 0 aliphatic carbocycles. The Morgan fingerprint density at radius 2 is 1.94 bits per heavy atom. The van der Waals surface area contributed by atoms with Gasteiger partial charge in [0.2, 0.25) is 0 Å². The topological polar surface area (TPSA) is 56.3 Å². The zero-order chi connectivity index (χ0) is 24.1. The summed E-state index contributed by atoms with van der Waals surface area (Å²) in [7, 11) is 0. The molecule has 0 saturated heterocycles. The van der Waals surface area contributed by atoms with Crippen LogP contribution < -0.4 is 0 Å². The number of rotatable bonds is 5. The maximum Gasteiger partial charge on any atom is 0.328 e. The fourth-order valence-electron chi connectivity index (χ4n) is 4.93. The third-order valence-electron chi connectivity index (χ3n) is 6.19. The quantitative estimate of drug-likeness (QED) is 0.468. The van der Waals surface area contributed by atoms with E-state index in [2.05, 4.69) is 4.98 Å². The van der Waals surface area contributed by atoms with Crippen LogP contribution in [0.5, 0.6) is 0 Å². The molecule has 7 heteroatoms. The second-order valence-electron chi connectivity index (χ2n) is 9.43. The Hall–Kier alpha value is -3.06. The average Bonchev–Trinajstić information content (AvgIpc) is 3.06. The summed E-state index contributed by atoms with van der Waals surface area (Å²) in [5.74, 6) is -2.82. The van der Waals surface area contributed by atoms with E-state index < -0.39 is 29.3 Å². The molecule has 4 rings (SSSR count). The molecule has 1 aliphatic rings. The maximum absolute atomic E-state index is 15.4. The van der Waals surface area contributed by atoms with E-state index in [1.165, 1.54) is 13.8 Å². The van der Waals surface area contributed by atoms with E-state index in [-0.39, 0.29) is 23.7 Å². The first-order valence-electron chi connectivity index (χ1n) is 10.9. The minimum absolute atomic E-state index is 0.00777. The highest BCUT2D eigenvalue weighted by Crippen LogP contribution is 2.44. The lowest BCUT2D eigenvalue weighted by Gasteiger charge is -2.43. The van der Waals surface area contributed by atoms with Crippen molar-refractivity contribution in [2.45, 2.75) is 51.9 Å². The molecule has 0 fully saturated rings. The van der Waals surface area contributed by atoms with Crippen LogP contribution in [0.4, 0.5) is 13.2 Å². The number of carbonyl (C=O) groups is 1. The predicted molar refractivity (Wildman–Crippen MR) is 123 cm³/mol. The lowest BCUT2D eigenvalue weighted by Crippen LogP contribution is -2.48. The highest BCUT2D eigenvalue weighted by molar-refractivity contribution is 5.88. The van der Waals surface area contributed by atoms with Gasteiger partial charge >= 0.3 is 5.97 Å². The molecular weight excluding hydrogens is 429 g/mol. The fourth-order valence-corrected chi connectivity index (χ4v) is 4.93. The molecule has 2 aromatic carbocycles. The number of alkyl halides is 1. The number of benzene rings is 2. The van der Waals surface area contributed by atoms with Crippen LogP contribution in [0.3, 0.4) is 0 Å². The molecule has 3 aromatic rings. The molecule has 1 aliphatic heterocycles. The monoisotopic (exact) mass is 456 g/mol. The Labute approximate surface area is 190 Å². The van der Waals surface area contributed by atoms with Crippen LogP contribution in [0.15, 0.2) is 36.4 Å². The summed E-state index contributed by atoms with van der Waals surface area (Å²) in [6.45, 7) is 6.84. The number of fused-ring (bicyclic) bond motifs is 3. The molecule has 2 N–H and O–H groups in total. The van der Waals surface area contributed by atoms with Crippen LogP contribution in [0, 0.1) is 18.6 Å². The number of aryl methyl sites for hydroxylation is 1. The van der Waals surface area contributed by atoms with E-state index >= 15 is 8.78 Å². The van der Waals surface area contributed by atoms with Gasteiger partial charge in [-0.05, 0) is 75.1 Å². The van der Waals surface area contributed by atoms with E-state index in [1.54, 1.807) is 4.90 Å². The van der Waals surface area contributed by atoms with Gasteiger partial charge in [-0.3, -0.25) is 4.90 Å². The lowest BCUT2D eigenvalue weighted by molar-refractivity contribution is -0.131. The lowest BCUT2D eigenvalue weighted by atomic mass is 9.86. The molecule has 0 bridgehead atoms. The molecule has 2 unspecified atom stereocenters. The van der Waals surface area contributed by atoms with Crippen molar-refractivity contribution in [1.29, 1.82) is 0 Å². The summed E-state index contributed by atoms with van der Waals surface area (Å²) in [6.07, 6.45) is 2.59. The Balaban J connectivity index is 1.94.